The van der Waals surface area contributed by atoms with Crippen molar-refractivity contribution >= 4 is 27.6 Å². The highest BCUT2D eigenvalue weighted by Crippen LogP contribution is 2.56. The normalized spacial score (nSPS) is 24.2. The highest BCUT2D eigenvalue weighted by molar-refractivity contribution is 6.13. The van der Waals surface area contributed by atoms with Crippen molar-refractivity contribution in [1.82, 2.24) is 24.9 Å². The summed E-state index contributed by atoms with van der Waals surface area (Å²) in [5.41, 5.74) is 4.57. The van der Waals surface area contributed by atoms with Crippen LogP contribution < -0.4 is 10.1 Å². The monoisotopic (exact) mass is 446 g/mol. The molecule has 1 aromatic carbocycles. The molecule has 0 radical (unpaired) electrons. The number of H-pyrrole nitrogens is 1. The predicted octanol–water partition coefficient (Wildman–Crippen LogP) is 5.64. The molecule has 4 atom stereocenters. The molecule has 8 heteroatoms. The molecule has 3 heterocycles. The van der Waals surface area contributed by atoms with Crippen molar-refractivity contribution in [3.8, 4) is 11.9 Å². The van der Waals surface area contributed by atoms with E-state index in [1.165, 1.54) is 18.9 Å². The number of aromatic amines is 1. The molecule has 0 amide bonds. The van der Waals surface area contributed by atoms with Gasteiger partial charge in [0, 0.05) is 23.7 Å². The van der Waals surface area contributed by atoms with E-state index in [0.29, 0.717) is 40.5 Å². The minimum absolute atomic E-state index is 0.238. The Balaban J connectivity index is 1.58. The van der Waals surface area contributed by atoms with Crippen molar-refractivity contribution in [3.05, 3.63) is 41.2 Å². The van der Waals surface area contributed by atoms with Crippen LogP contribution in [0.15, 0.2) is 18.5 Å². The summed E-state index contributed by atoms with van der Waals surface area (Å²) in [4.78, 5) is 21.6. The standard InChI is InChI=1S/C25H27FN6O/c1-11-5-15-6-14(11)7-16(15)22-21-20-13(3)17(26)8-18(27-4)23(20)30-24(21)32-25(31-22)33-19-10-28-12(2)9-29-19/h8-11,14-16,27H,5-7H2,1-4H3,(H,30,31,32)/t11-,14?,15+,16?/m1/s1. The van der Waals surface area contributed by atoms with Crippen LogP contribution in [-0.4, -0.2) is 32.0 Å². The lowest BCUT2D eigenvalue weighted by Gasteiger charge is -2.26. The smallest absolute Gasteiger partial charge is 0.325 e. The lowest BCUT2D eigenvalue weighted by Crippen LogP contribution is -2.16. The molecule has 7 nitrogen and oxygen atoms in total. The highest BCUT2D eigenvalue weighted by Gasteiger charge is 2.46. The summed E-state index contributed by atoms with van der Waals surface area (Å²) >= 11 is 0. The Morgan fingerprint density at radius 1 is 1.06 bits per heavy atom. The maximum atomic E-state index is 14.9. The summed E-state index contributed by atoms with van der Waals surface area (Å²) in [5.74, 6) is 2.46. The Morgan fingerprint density at radius 3 is 2.58 bits per heavy atom. The Morgan fingerprint density at radius 2 is 1.91 bits per heavy atom. The third-order valence-corrected chi connectivity index (χ3v) is 7.72. The maximum Gasteiger partial charge on any atom is 0.325 e. The first-order valence-corrected chi connectivity index (χ1v) is 11.6. The zero-order chi connectivity index (χ0) is 22.9. The van der Waals surface area contributed by atoms with Crippen LogP contribution in [0.5, 0.6) is 11.9 Å². The van der Waals surface area contributed by atoms with E-state index in [1.807, 2.05) is 13.8 Å². The number of fused-ring (bicyclic) bond motifs is 5. The molecule has 2 aliphatic carbocycles. The lowest BCUT2D eigenvalue weighted by atomic mass is 9.80. The zero-order valence-corrected chi connectivity index (χ0v) is 19.2. The van der Waals surface area contributed by atoms with Gasteiger partial charge in [0.15, 0.2) is 0 Å². The second-order valence-corrected chi connectivity index (χ2v) is 9.68. The van der Waals surface area contributed by atoms with E-state index >= 15 is 0 Å². The molecule has 0 aliphatic heterocycles. The first kappa shape index (κ1) is 20.3. The van der Waals surface area contributed by atoms with E-state index in [2.05, 4.69) is 32.2 Å². The average molecular weight is 447 g/mol. The molecular weight excluding hydrogens is 419 g/mol. The molecule has 0 spiro atoms. The van der Waals surface area contributed by atoms with E-state index in [1.54, 1.807) is 19.4 Å². The predicted molar refractivity (Wildman–Crippen MR) is 125 cm³/mol. The molecule has 4 aromatic rings. The number of aromatic nitrogens is 5. The summed E-state index contributed by atoms with van der Waals surface area (Å²) in [6.45, 7) is 6.05. The Hall–Kier alpha value is -3.29. The van der Waals surface area contributed by atoms with Crippen molar-refractivity contribution in [2.45, 2.75) is 46.0 Å². The van der Waals surface area contributed by atoms with Gasteiger partial charge in [0.25, 0.3) is 0 Å². The summed E-state index contributed by atoms with van der Waals surface area (Å²) in [6, 6.07) is 1.76. The van der Waals surface area contributed by atoms with Crippen molar-refractivity contribution in [3.63, 3.8) is 0 Å². The number of rotatable bonds is 4. The summed E-state index contributed by atoms with van der Waals surface area (Å²) in [5, 5.41) is 4.87. The molecule has 3 aromatic heterocycles. The molecule has 2 fully saturated rings. The zero-order valence-electron chi connectivity index (χ0n) is 19.2. The second-order valence-electron chi connectivity index (χ2n) is 9.68. The van der Waals surface area contributed by atoms with Crippen LogP contribution >= 0.6 is 0 Å². The van der Waals surface area contributed by atoms with Crippen LogP contribution in [-0.2, 0) is 0 Å². The van der Waals surface area contributed by atoms with Crippen LogP contribution in [0.25, 0.3) is 21.9 Å². The molecule has 2 N–H and O–H groups in total. The maximum absolute atomic E-state index is 14.9. The quantitative estimate of drug-likeness (QED) is 0.422. The summed E-state index contributed by atoms with van der Waals surface area (Å²) in [7, 11) is 1.80. The fourth-order valence-electron chi connectivity index (χ4n) is 6.04. The van der Waals surface area contributed by atoms with E-state index in [-0.39, 0.29) is 11.8 Å². The molecular formula is C25H27FN6O. The van der Waals surface area contributed by atoms with E-state index < -0.39 is 0 Å². The SMILES string of the molecule is CNc1cc(F)c(C)c2c1[nH]c1nc(Oc3cnc(C)cn3)nc(C3CC4C[C@@H]3C[C@H]4C)c12. The number of hydrogen-bond acceptors (Lipinski definition) is 6. The minimum Gasteiger partial charge on any atom is -0.403 e. The Bertz CT molecular complexity index is 1380. The number of hydrogen-bond donors (Lipinski definition) is 2. The van der Waals surface area contributed by atoms with E-state index in [0.717, 1.165) is 40.0 Å². The van der Waals surface area contributed by atoms with Gasteiger partial charge < -0.3 is 15.0 Å². The van der Waals surface area contributed by atoms with Crippen LogP contribution in [0.2, 0.25) is 0 Å². The molecule has 2 bridgehead atoms. The Labute approximate surface area is 191 Å². The van der Waals surface area contributed by atoms with Gasteiger partial charge in [-0.2, -0.15) is 9.97 Å². The van der Waals surface area contributed by atoms with Gasteiger partial charge in [-0.15, -0.1) is 0 Å². The first-order chi connectivity index (χ1) is 15.9. The van der Waals surface area contributed by atoms with Gasteiger partial charge in [-0.1, -0.05) is 6.92 Å². The van der Waals surface area contributed by atoms with Crippen LogP contribution in [0.3, 0.4) is 0 Å². The molecule has 6 rings (SSSR count). The first-order valence-electron chi connectivity index (χ1n) is 11.6. The van der Waals surface area contributed by atoms with Crippen LogP contribution in [0, 0.1) is 37.4 Å². The Kier molecular flexibility index (Phi) is 4.54. The second kappa shape index (κ2) is 7.37. The van der Waals surface area contributed by atoms with Gasteiger partial charge in [-0.3, -0.25) is 4.98 Å². The molecule has 0 saturated heterocycles. The van der Waals surface area contributed by atoms with Crippen LogP contribution in [0.4, 0.5) is 10.1 Å². The third kappa shape index (κ3) is 3.14. The van der Waals surface area contributed by atoms with Crippen LogP contribution in [0.1, 0.15) is 49.1 Å². The highest BCUT2D eigenvalue weighted by atomic mass is 19.1. The average Bonchev–Trinajstić information content (AvgIpc) is 3.49. The number of nitrogens with zero attached hydrogens (tertiary/aromatic N) is 4. The van der Waals surface area contributed by atoms with Gasteiger partial charge in [0.2, 0.25) is 5.88 Å². The van der Waals surface area contributed by atoms with Crippen molar-refractivity contribution < 1.29 is 9.13 Å². The summed E-state index contributed by atoms with van der Waals surface area (Å²) < 4.78 is 20.8. The molecule has 33 heavy (non-hydrogen) atoms. The third-order valence-electron chi connectivity index (χ3n) is 7.72. The number of aryl methyl sites for hydroxylation is 2. The van der Waals surface area contributed by atoms with Gasteiger partial charge in [-0.05, 0) is 62.5 Å². The van der Waals surface area contributed by atoms with Gasteiger partial charge >= 0.3 is 6.01 Å². The number of anilines is 1. The molecule has 2 unspecified atom stereocenters. The van der Waals surface area contributed by atoms with Crippen molar-refractivity contribution in [2.75, 3.05) is 12.4 Å². The number of nitrogens with one attached hydrogen (secondary N) is 2. The number of ether oxygens (including phenoxy) is 1. The van der Waals surface area contributed by atoms with E-state index in [9.17, 15) is 4.39 Å². The van der Waals surface area contributed by atoms with Crippen molar-refractivity contribution in [2.24, 2.45) is 17.8 Å². The van der Waals surface area contributed by atoms with E-state index in [4.69, 9.17) is 9.72 Å². The van der Waals surface area contributed by atoms with Gasteiger partial charge in [-0.25, -0.2) is 9.37 Å². The van der Waals surface area contributed by atoms with Gasteiger partial charge in [0.1, 0.15) is 11.5 Å². The van der Waals surface area contributed by atoms with Gasteiger partial charge in [0.05, 0.1) is 35.0 Å². The molecule has 2 aliphatic rings. The lowest BCUT2D eigenvalue weighted by molar-refractivity contribution is 0.322. The number of halogens is 1. The van der Waals surface area contributed by atoms with Crippen molar-refractivity contribution in [1.29, 1.82) is 0 Å². The topological polar surface area (TPSA) is 88.6 Å². The summed E-state index contributed by atoms with van der Waals surface area (Å²) in [6.07, 6.45) is 6.76. The number of benzene rings is 1. The molecule has 2 saturated carbocycles. The fourth-order valence-corrected chi connectivity index (χ4v) is 6.04. The fraction of sp³-hybridized carbons (Fsp3) is 0.440. The minimum atomic E-state index is -0.240. The largest absolute Gasteiger partial charge is 0.403 e. The molecule has 170 valence electrons.